The van der Waals surface area contributed by atoms with Crippen molar-refractivity contribution in [2.45, 2.75) is 25.8 Å². The topological polar surface area (TPSA) is 38.3 Å². The highest BCUT2D eigenvalue weighted by Crippen LogP contribution is 2.26. The summed E-state index contributed by atoms with van der Waals surface area (Å²) in [5.41, 5.74) is 1.12. The molecular weight excluding hydrogens is 294 g/mol. The van der Waals surface area contributed by atoms with E-state index in [9.17, 15) is 4.79 Å². The monoisotopic (exact) mass is 311 g/mol. The number of nitrogens with one attached hydrogen (secondary N) is 1. The molecule has 1 aromatic carbocycles. The summed E-state index contributed by atoms with van der Waals surface area (Å²) in [5, 5.41) is 3.93. The van der Waals surface area contributed by atoms with Crippen LogP contribution in [0.15, 0.2) is 24.3 Å². The van der Waals surface area contributed by atoms with E-state index in [2.05, 4.69) is 21.2 Å². The Labute approximate surface area is 116 Å². The maximum absolute atomic E-state index is 12.1. The first kappa shape index (κ1) is 13.4. The van der Waals surface area contributed by atoms with Gasteiger partial charge in [0.1, 0.15) is 12.4 Å². The molecule has 0 radical (unpaired) electrons. The summed E-state index contributed by atoms with van der Waals surface area (Å²) in [6, 6.07) is 8.12. The Hall–Kier alpha value is -1.03. The van der Waals surface area contributed by atoms with E-state index in [4.69, 9.17) is 4.74 Å². The Morgan fingerprint density at radius 1 is 1.56 bits per heavy atom. The Morgan fingerprint density at radius 3 is 3.11 bits per heavy atom. The molecule has 0 fully saturated rings. The summed E-state index contributed by atoms with van der Waals surface area (Å²) in [4.78, 5) is 12.1. The largest absolute Gasteiger partial charge is 0.492 e. The molecule has 1 aliphatic rings. The molecule has 0 spiro atoms. The maximum atomic E-state index is 12.1. The van der Waals surface area contributed by atoms with Gasteiger partial charge in [0.25, 0.3) is 0 Å². The number of benzene rings is 1. The number of carbonyl (C=O) groups excluding carboxylic acids is 1. The van der Waals surface area contributed by atoms with Crippen LogP contribution in [0.25, 0.3) is 0 Å². The molecule has 0 aromatic heterocycles. The van der Waals surface area contributed by atoms with Crippen molar-refractivity contribution in [1.29, 1.82) is 0 Å². The molecule has 1 heterocycles. The molecule has 98 valence electrons. The van der Waals surface area contributed by atoms with E-state index in [-0.39, 0.29) is 17.9 Å². The van der Waals surface area contributed by atoms with Crippen LogP contribution in [0.5, 0.6) is 5.75 Å². The number of rotatable bonds is 4. The number of halogens is 1. The average Bonchev–Trinajstić information content (AvgIpc) is 2.38. The molecule has 2 unspecified atom stereocenters. The summed E-state index contributed by atoms with van der Waals surface area (Å²) in [5.74, 6) is 0.936. The molecule has 1 N–H and O–H groups in total. The lowest BCUT2D eigenvalue weighted by Gasteiger charge is -2.25. The first-order chi connectivity index (χ1) is 8.70. The molecule has 2 rings (SSSR count). The van der Waals surface area contributed by atoms with Gasteiger partial charge in [-0.1, -0.05) is 34.1 Å². The highest BCUT2D eigenvalue weighted by Gasteiger charge is 2.26. The van der Waals surface area contributed by atoms with Crippen molar-refractivity contribution in [3.05, 3.63) is 29.8 Å². The molecule has 4 heteroatoms. The van der Waals surface area contributed by atoms with Gasteiger partial charge in [-0.2, -0.15) is 0 Å². The van der Waals surface area contributed by atoms with Crippen LogP contribution in [0.1, 0.15) is 18.9 Å². The van der Waals surface area contributed by atoms with Crippen molar-refractivity contribution < 1.29 is 9.53 Å². The first-order valence-corrected chi connectivity index (χ1v) is 7.40. The van der Waals surface area contributed by atoms with E-state index >= 15 is 0 Å². The lowest BCUT2D eigenvalue weighted by atomic mass is 9.96. The molecule has 0 aliphatic carbocycles. The molecule has 2 atom stereocenters. The third-order valence-corrected chi connectivity index (χ3v) is 3.64. The second-order valence-electron chi connectivity index (χ2n) is 4.71. The van der Waals surface area contributed by atoms with Crippen LogP contribution in [0.3, 0.4) is 0 Å². The van der Waals surface area contributed by atoms with Crippen molar-refractivity contribution in [3.8, 4) is 5.75 Å². The Kier molecular flexibility index (Phi) is 4.64. The zero-order valence-electron chi connectivity index (χ0n) is 10.5. The summed E-state index contributed by atoms with van der Waals surface area (Å²) >= 11 is 3.38. The van der Waals surface area contributed by atoms with Crippen molar-refractivity contribution in [1.82, 2.24) is 5.32 Å². The maximum Gasteiger partial charge on any atom is 0.227 e. The van der Waals surface area contributed by atoms with Crippen LogP contribution >= 0.6 is 15.9 Å². The van der Waals surface area contributed by atoms with E-state index < -0.39 is 0 Å². The first-order valence-electron chi connectivity index (χ1n) is 6.27. The van der Waals surface area contributed by atoms with Gasteiger partial charge in [-0.15, -0.1) is 0 Å². The highest BCUT2D eigenvalue weighted by atomic mass is 79.9. The fourth-order valence-electron chi connectivity index (χ4n) is 2.09. The number of alkyl halides is 1. The number of hydrogen-bond donors (Lipinski definition) is 1. The molecule has 0 saturated heterocycles. The molecule has 1 aromatic rings. The zero-order valence-corrected chi connectivity index (χ0v) is 12.1. The van der Waals surface area contributed by atoms with Gasteiger partial charge >= 0.3 is 0 Å². The van der Waals surface area contributed by atoms with Gasteiger partial charge in [0.05, 0.1) is 5.92 Å². The normalized spacial score (nSPS) is 19.6. The van der Waals surface area contributed by atoms with Crippen molar-refractivity contribution in [3.63, 3.8) is 0 Å². The van der Waals surface area contributed by atoms with Crippen LogP contribution in [0.2, 0.25) is 0 Å². The Morgan fingerprint density at radius 2 is 2.33 bits per heavy atom. The SMILES string of the molecule is CC(CCBr)NC(=O)C1COc2ccccc2C1. The number of para-hydroxylation sites is 1. The predicted molar refractivity (Wildman–Crippen MR) is 75.1 cm³/mol. The van der Waals surface area contributed by atoms with Gasteiger partial charge in [-0.3, -0.25) is 4.79 Å². The number of ether oxygens (including phenoxy) is 1. The standard InChI is InChI=1S/C14H18BrNO2/c1-10(6-7-15)16-14(17)12-8-11-4-2-3-5-13(11)18-9-12/h2-5,10,12H,6-9H2,1H3,(H,16,17). The van der Waals surface area contributed by atoms with Crippen LogP contribution in [0.4, 0.5) is 0 Å². The fourth-order valence-corrected chi connectivity index (χ4v) is 2.78. The minimum absolute atomic E-state index is 0.0716. The van der Waals surface area contributed by atoms with Crippen LogP contribution < -0.4 is 10.1 Å². The van der Waals surface area contributed by atoms with E-state index in [0.717, 1.165) is 29.5 Å². The van der Waals surface area contributed by atoms with E-state index in [0.29, 0.717) is 6.61 Å². The minimum atomic E-state index is -0.0716. The second-order valence-corrected chi connectivity index (χ2v) is 5.50. The van der Waals surface area contributed by atoms with E-state index in [1.54, 1.807) is 0 Å². The van der Waals surface area contributed by atoms with E-state index in [1.165, 1.54) is 0 Å². The average molecular weight is 312 g/mol. The minimum Gasteiger partial charge on any atom is -0.492 e. The van der Waals surface area contributed by atoms with Crippen LogP contribution in [-0.2, 0) is 11.2 Å². The molecular formula is C14H18BrNO2. The molecule has 0 saturated carbocycles. The van der Waals surface area contributed by atoms with E-state index in [1.807, 2.05) is 31.2 Å². The van der Waals surface area contributed by atoms with Gasteiger partial charge in [0, 0.05) is 11.4 Å². The van der Waals surface area contributed by atoms with Crippen LogP contribution in [0, 0.1) is 5.92 Å². The summed E-state index contributed by atoms with van der Waals surface area (Å²) in [6.07, 6.45) is 1.71. The highest BCUT2D eigenvalue weighted by molar-refractivity contribution is 9.09. The number of carbonyl (C=O) groups is 1. The summed E-state index contributed by atoms with van der Waals surface area (Å²) in [6.45, 7) is 2.50. The summed E-state index contributed by atoms with van der Waals surface area (Å²) < 4.78 is 5.63. The zero-order chi connectivity index (χ0) is 13.0. The number of fused-ring (bicyclic) bond motifs is 1. The quantitative estimate of drug-likeness (QED) is 0.868. The van der Waals surface area contributed by atoms with Crippen molar-refractivity contribution in [2.24, 2.45) is 5.92 Å². The van der Waals surface area contributed by atoms with Gasteiger partial charge in [0.2, 0.25) is 5.91 Å². The lowest BCUT2D eigenvalue weighted by molar-refractivity contribution is -0.126. The van der Waals surface area contributed by atoms with Gasteiger partial charge in [-0.05, 0) is 31.4 Å². The fraction of sp³-hybridized carbons (Fsp3) is 0.500. The molecule has 18 heavy (non-hydrogen) atoms. The Balaban J connectivity index is 1.94. The molecule has 0 bridgehead atoms. The van der Waals surface area contributed by atoms with Crippen molar-refractivity contribution >= 4 is 21.8 Å². The van der Waals surface area contributed by atoms with Gasteiger partial charge < -0.3 is 10.1 Å². The smallest absolute Gasteiger partial charge is 0.227 e. The van der Waals surface area contributed by atoms with Gasteiger partial charge in [-0.25, -0.2) is 0 Å². The summed E-state index contributed by atoms with van der Waals surface area (Å²) in [7, 11) is 0. The van der Waals surface area contributed by atoms with Crippen LogP contribution in [-0.4, -0.2) is 23.9 Å². The van der Waals surface area contributed by atoms with Crippen molar-refractivity contribution in [2.75, 3.05) is 11.9 Å². The Bertz CT molecular complexity index is 422. The molecule has 1 aliphatic heterocycles. The molecule has 1 amide bonds. The second kappa shape index (κ2) is 6.23. The third kappa shape index (κ3) is 3.25. The third-order valence-electron chi connectivity index (χ3n) is 3.18. The predicted octanol–water partition coefficient (Wildman–Crippen LogP) is 2.53. The number of hydrogen-bond acceptors (Lipinski definition) is 2. The number of amides is 1. The van der Waals surface area contributed by atoms with Gasteiger partial charge in [0.15, 0.2) is 0 Å². The lowest BCUT2D eigenvalue weighted by Crippen LogP contribution is -2.41. The molecule has 3 nitrogen and oxygen atoms in total.